The first-order valence-electron chi connectivity index (χ1n) is 7.82. The quantitative estimate of drug-likeness (QED) is 0.886. The fourth-order valence-corrected chi connectivity index (χ4v) is 3.19. The Morgan fingerprint density at radius 3 is 2.80 bits per heavy atom. The molecule has 1 unspecified atom stereocenters. The normalized spacial score (nSPS) is 23.1. The lowest BCUT2D eigenvalue weighted by Crippen LogP contribution is -2.33. The predicted octanol–water partition coefficient (Wildman–Crippen LogP) is 2.84. The van der Waals surface area contributed by atoms with Crippen molar-refractivity contribution in [1.29, 1.82) is 0 Å². The molecule has 2 N–H and O–H groups in total. The number of nitrogens with zero attached hydrogens (tertiary/aromatic N) is 1. The van der Waals surface area contributed by atoms with Gasteiger partial charge in [-0.25, -0.2) is 4.39 Å². The minimum absolute atomic E-state index is 0.0985. The van der Waals surface area contributed by atoms with E-state index in [1.54, 1.807) is 6.07 Å². The third kappa shape index (κ3) is 3.23. The van der Waals surface area contributed by atoms with Crippen LogP contribution in [0.1, 0.15) is 25.7 Å². The van der Waals surface area contributed by atoms with Crippen molar-refractivity contribution in [2.24, 2.45) is 5.92 Å². The summed E-state index contributed by atoms with van der Waals surface area (Å²) >= 11 is 0. The Balaban J connectivity index is 1.58. The Kier molecular flexibility index (Phi) is 4.41. The van der Waals surface area contributed by atoms with Crippen LogP contribution in [-0.2, 0) is 0 Å². The molecule has 20 heavy (non-hydrogen) atoms. The van der Waals surface area contributed by atoms with Crippen molar-refractivity contribution >= 4 is 11.4 Å². The maximum absolute atomic E-state index is 14.2. The standard InChI is InChI=1S/C16H24FN3/c17-15-10-14(19-12-13-4-3-7-18-11-13)5-6-16(15)20-8-1-2-9-20/h5-6,10,13,18-19H,1-4,7-9,11-12H2. The third-order valence-electron chi connectivity index (χ3n) is 4.39. The van der Waals surface area contributed by atoms with Crippen molar-refractivity contribution in [3.63, 3.8) is 0 Å². The van der Waals surface area contributed by atoms with Crippen LogP contribution in [0, 0.1) is 11.7 Å². The van der Waals surface area contributed by atoms with Gasteiger partial charge in [-0.15, -0.1) is 0 Å². The van der Waals surface area contributed by atoms with Crippen LogP contribution in [-0.4, -0.2) is 32.7 Å². The number of benzene rings is 1. The number of hydrogen-bond acceptors (Lipinski definition) is 3. The van der Waals surface area contributed by atoms with Gasteiger partial charge in [0.25, 0.3) is 0 Å². The fourth-order valence-electron chi connectivity index (χ4n) is 3.19. The molecule has 2 fully saturated rings. The lowest BCUT2D eigenvalue weighted by molar-refractivity contribution is 0.393. The van der Waals surface area contributed by atoms with Gasteiger partial charge in [-0.3, -0.25) is 0 Å². The molecule has 0 spiro atoms. The number of nitrogens with one attached hydrogen (secondary N) is 2. The topological polar surface area (TPSA) is 27.3 Å². The maximum Gasteiger partial charge on any atom is 0.148 e. The third-order valence-corrected chi connectivity index (χ3v) is 4.39. The maximum atomic E-state index is 14.2. The summed E-state index contributed by atoms with van der Waals surface area (Å²) < 4.78 is 14.2. The van der Waals surface area contributed by atoms with E-state index in [4.69, 9.17) is 0 Å². The number of hydrogen-bond donors (Lipinski definition) is 2. The lowest BCUT2D eigenvalue weighted by Gasteiger charge is -2.24. The molecule has 0 aromatic heterocycles. The minimum atomic E-state index is -0.0985. The van der Waals surface area contributed by atoms with Gasteiger partial charge >= 0.3 is 0 Å². The Hall–Kier alpha value is -1.29. The minimum Gasteiger partial charge on any atom is -0.385 e. The molecule has 2 heterocycles. The van der Waals surface area contributed by atoms with Gasteiger partial charge in [0, 0.05) is 25.3 Å². The SMILES string of the molecule is Fc1cc(NCC2CCCNC2)ccc1N1CCCC1. The van der Waals surface area contributed by atoms with Gasteiger partial charge in [0.2, 0.25) is 0 Å². The Morgan fingerprint density at radius 2 is 2.10 bits per heavy atom. The lowest BCUT2D eigenvalue weighted by atomic mass is 10.00. The van der Waals surface area contributed by atoms with Gasteiger partial charge in [0.05, 0.1) is 5.69 Å². The summed E-state index contributed by atoms with van der Waals surface area (Å²) in [5, 5.41) is 6.78. The number of rotatable bonds is 4. The molecule has 2 aliphatic heterocycles. The van der Waals surface area contributed by atoms with E-state index in [0.717, 1.165) is 44.1 Å². The molecule has 3 nitrogen and oxygen atoms in total. The van der Waals surface area contributed by atoms with Crippen molar-refractivity contribution in [3.8, 4) is 0 Å². The average Bonchev–Trinajstić information content (AvgIpc) is 3.00. The molecule has 0 saturated carbocycles. The van der Waals surface area contributed by atoms with Crippen molar-refractivity contribution in [3.05, 3.63) is 24.0 Å². The fraction of sp³-hybridized carbons (Fsp3) is 0.625. The van der Waals surface area contributed by atoms with Gasteiger partial charge in [-0.1, -0.05) is 0 Å². The predicted molar refractivity (Wildman–Crippen MR) is 81.9 cm³/mol. The van der Waals surface area contributed by atoms with Crippen molar-refractivity contribution in [1.82, 2.24) is 5.32 Å². The molecule has 1 atom stereocenters. The monoisotopic (exact) mass is 277 g/mol. The van der Waals surface area contributed by atoms with E-state index >= 15 is 0 Å². The van der Waals surface area contributed by atoms with E-state index in [9.17, 15) is 4.39 Å². The average molecular weight is 277 g/mol. The first kappa shape index (κ1) is 13.7. The highest BCUT2D eigenvalue weighted by Gasteiger charge is 2.17. The molecule has 110 valence electrons. The molecule has 2 aliphatic rings. The number of halogens is 1. The summed E-state index contributed by atoms with van der Waals surface area (Å²) in [6.45, 7) is 5.10. The van der Waals surface area contributed by atoms with Gasteiger partial charge in [0.1, 0.15) is 5.82 Å². The first-order chi connectivity index (χ1) is 9.83. The van der Waals surface area contributed by atoms with E-state index < -0.39 is 0 Å². The molecule has 1 aromatic rings. The summed E-state index contributed by atoms with van der Waals surface area (Å²) in [7, 11) is 0. The van der Waals surface area contributed by atoms with Crippen LogP contribution in [0.15, 0.2) is 18.2 Å². The zero-order valence-corrected chi connectivity index (χ0v) is 12.0. The number of anilines is 2. The molecule has 0 amide bonds. The summed E-state index contributed by atoms with van der Waals surface area (Å²) in [4.78, 5) is 2.14. The smallest absolute Gasteiger partial charge is 0.148 e. The van der Waals surface area contributed by atoms with Crippen molar-refractivity contribution in [2.75, 3.05) is 42.9 Å². The zero-order valence-electron chi connectivity index (χ0n) is 12.0. The van der Waals surface area contributed by atoms with Crippen LogP contribution in [0.3, 0.4) is 0 Å². The Bertz CT molecular complexity index is 437. The zero-order chi connectivity index (χ0) is 13.8. The molecule has 4 heteroatoms. The van der Waals surface area contributed by atoms with E-state index in [1.807, 2.05) is 12.1 Å². The summed E-state index contributed by atoms with van der Waals surface area (Å²) in [5.41, 5.74) is 1.66. The highest BCUT2D eigenvalue weighted by molar-refractivity contribution is 5.56. The first-order valence-corrected chi connectivity index (χ1v) is 7.82. The van der Waals surface area contributed by atoms with Crippen LogP contribution in [0.2, 0.25) is 0 Å². The van der Waals surface area contributed by atoms with E-state index in [1.165, 1.54) is 25.7 Å². The summed E-state index contributed by atoms with van der Waals surface area (Å²) in [6, 6.07) is 5.57. The van der Waals surface area contributed by atoms with E-state index in [2.05, 4.69) is 15.5 Å². The molecule has 3 rings (SSSR count). The molecule has 2 saturated heterocycles. The largest absolute Gasteiger partial charge is 0.385 e. The molecular formula is C16H24FN3. The summed E-state index contributed by atoms with van der Waals surface area (Å²) in [5.74, 6) is 0.559. The van der Waals surface area contributed by atoms with Gasteiger partial charge in [0.15, 0.2) is 0 Å². The van der Waals surface area contributed by atoms with Crippen LogP contribution in [0.4, 0.5) is 15.8 Å². The van der Waals surface area contributed by atoms with Crippen LogP contribution < -0.4 is 15.5 Å². The van der Waals surface area contributed by atoms with E-state index in [0.29, 0.717) is 5.92 Å². The summed E-state index contributed by atoms with van der Waals surface area (Å²) in [6.07, 6.45) is 4.85. The van der Waals surface area contributed by atoms with Crippen molar-refractivity contribution < 1.29 is 4.39 Å². The molecule has 0 radical (unpaired) electrons. The molecule has 0 bridgehead atoms. The Labute approximate surface area is 120 Å². The van der Waals surface area contributed by atoms with Crippen molar-refractivity contribution in [2.45, 2.75) is 25.7 Å². The molecule has 1 aromatic carbocycles. The second kappa shape index (κ2) is 6.44. The number of piperidine rings is 1. The highest BCUT2D eigenvalue weighted by atomic mass is 19.1. The van der Waals surface area contributed by atoms with E-state index in [-0.39, 0.29) is 5.82 Å². The second-order valence-electron chi connectivity index (χ2n) is 5.95. The van der Waals surface area contributed by atoms with Crippen LogP contribution in [0.25, 0.3) is 0 Å². The molecule has 0 aliphatic carbocycles. The second-order valence-corrected chi connectivity index (χ2v) is 5.95. The van der Waals surface area contributed by atoms with Crippen LogP contribution >= 0.6 is 0 Å². The van der Waals surface area contributed by atoms with Gasteiger partial charge in [-0.2, -0.15) is 0 Å². The highest BCUT2D eigenvalue weighted by Crippen LogP contribution is 2.26. The van der Waals surface area contributed by atoms with Gasteiger partial charge in [-0.05, 0) is 62.9 Å². The van der Waals surface area contributed by atoms with Gasteiger partial charge < -0.3 is 15.5 Å². The van der Waals surface area contributed by atoms with Crippen LogP contribution in [0.5, 0.6) is 0 Å². The Morgan fingerprint density at radius 1 is 1.25 bits per heavy atom. The molecular weight excluding hydrogens is 253 g/mol.